The average molecular weight is 225 g/mol. The Morgan fingerprint density at radius 3 is 3.13 bits per heavy atom. The number of carbonyl (C=O) groups excluding carboxylic acids is 2. The predicted octanol–water partition coefficient (Wildman–Crippen LogP) is -0.00840. The lowest BCUT2D eigenvalue weighted by molar-refractivity contribution is -0.130. The van der Waals surface area contributed by atoms with Crippen molar-refractivity contribution in [3.63, 3.8) is 0 Å². The van der Waals surface area contributed by atoms with E-state index in [9.17, 15) is 9.59 Å². The molecule has 15 heavy (non-hydrogen) atoms. The van der Waals surface area contributed by atoms with E-state index in [0.29, 0.717) is 19.5 Å². The number of thiazole rings is 1. The van der Waals surface area contributed by atoms with Crippen molar-refractivity contribution >= 4 is 23.2 Å². The fraction of sp³-hybridized carbons (Fsp3) is 0.444. The van der Waals surface area contributed by atoms with Crippen LogP contribution in [0.4, 0.5) is 0 Å². The van der Waals surface area contributed by atoms with E-state index in [1.54, 1.807) is 11.1 Å². The molecule has 1 aliphatic rings. The van der Waals surface area contributed by atoms with Crippen molar-refractivity contribution in [1.29, 1.82) is 0 Å². The first-order chi connectivity index (χ1) is 7.25. The van der Waals surface area contributed by atoms with Crippen LogP contribution in [0.1, 0.15) is 11.4 Å². The molecule has 6 heteroatoms. The summed E-state index contributed by atoms with van der Waals surface area (Å²) in [5, 5.41) is 5.33. The molecule has 2 rings (SSSR count). The van der Waals surface area contributed by atoms with Gasteiger partial charge in [0.15, 0.2) is 0 Å². The van der Waals surface area contributed by atoms with Gasteiger partial charge in [-0.05, 0) is 0 Å². The summed E-state index contributed by atoms with van der Waals surface area (Å²) in [7, 11) is 0. The fourth-order valence-electron chi connectivity index (χ4n) is 1.40. The number of nitrogens with zero attached hydrogens (tertiary/aromatic N) is 2. The minimum absolute atomic E-state index is 0.0453. The van der Waals surface area contributed by atoms with Gasteiger partial charge in [-0.25, -0.2) is 4.98 Å². The molecule has 80 valence electrons. The van der Waals surface area contributed by atoms with E-state index < -0.39 is 0 Å². The van der Waals surface area contributed by atoms with E-state index in [-0.39, 0.29) is 18.4 Å². The SMILES string of the molecule is O=C1CCN(Cc2nccs2)C(=O)CN1. The molecule has 0 atom stereocenters. The van der Waals surface area contributed by atoms with Gasteiger partial charge in [0.05, 0.1) is 13.1 Å². The molecule has 0 aromatic carbocycles. The van der Waals surface area contributed by atoms with Crippen LogP contribution >= 0.6 is 11.3 Å². The van der Waals surface area contributed by atoms with Crippen molar-refractivity contribution in [2.45, 2.75) is 13.0 Å². The van der Waals surface area contributed by atoms with Gasteiger partial charge in [0.2, 0.25) is 11.8 Å². The Bertz CT molecular complexity index is 363. The number of hydrogen-bond acceptors (Lipinski definition) is 4. The molecule has 1 N–H and O–H groups in total. The number of hydrogen-bond donors (Lipinski definition) is 1. The van der Waals surface area contributed by atoms with Crippen LogP contribution in [0.2, 0.25) is 0 Å². The van der Waals surface area contributed by atoms with Crippen molar-refractivity contribution in [2.24, 2.45) is 0 Å². The molecule has 0 bridgehead atoms. The lowest BCUT2D eigenvalue weighted by Crippen LogP contribution is -2.34. The Labute approximate surface area is 91.1 Å². The first kappa shape index (κ1) is 10.1. The van der Waals surface area contributed by atoms with Crippen LogP contribution in [0.3, 0.4) is 0 Å². The molecule has 0 unspecified atom stereocenters. The smallest absolute Gasteiger partial charge is 0.242 e. The molecule has 0 saturated carbocycles. The molecular weight excluding hydrogens is 214 g/mol. The largest absolute Gasteiger partial charge is 0.347 e. The van der Waals surface area contributed by atoms with Gasteiger partial charge in [-0.15, -0.1) is 11.3 Å². The van der Waals surface area contributed by atoms with Gasteiger partial charge in [0.25, 0.3) is 0 Å². The zero-order chi connectivity index (χ0) is 10.7. The van der Waals surface area contributed by atoms with E-state index >= 15 is 0 Å². The summed E-state index contributed by atoms with van der Waals surface area (Å²) in [6.07, 6.45) is 2.09. The Morgan fingerprint density at radius 2 is 2.40 bits per heavy atom. The Hall–Kier alpha value is -1.43. The second-order valence-corrected chi connectivity index (χ2v) is 4.25. The van der Waals surface area contributed by atoms with Gasteiger partial charge in [-0.1, -0.05) is 0 Å². The molecule has 0 spiro atoms. The van der Waals surface area contributed by atoms with Crippen LogP contribution in [0, 0.1) is 0 Å². The first-order valence-electron chi connectivity index (χ1n) is 4.68. The standard InChI is InChI=1S/C9H11N3O2S/c13-7-1-3-12(9(14)5-11-7)6-8-10-2-4-15-8/h2,4H,1,3,5-6H2,(H,11,13). The lowest BCUT2D eigenvalue weighted by Gasteiger charge is -2.17. The number of nitrogens with one attached hydrogen (secondary N) is 1. The zero-order valence-corrected chi connectivity index (χ0v) is 8.92. The van der Waals surface area contributed by atoms with Crippen molar-refractivity contribution in [3.8, 4) is 0 Å². The summed E-state index contributed by atoms with van der Waals surface area (Å²) in [4.78, 5) is 28.4. The Kier molecular flexibility index (Phi) is 2.96. The first-order valence-corrected chi connectivity index (χ1v) is 5.56. The molecular formula is C9H11N3O2S. The number of carbonyl (C=O) groups is 2. The summed E-state index contributed by atoms with van der Waals surface area (Å²) in [6, 6.07) is 0. The highest BCUT2D eigenvalue weighted by Gasteiger charge is 2.20. The molecule has 2 heterocycles. The van der Waals surface area contributed by atoms with E-state index in [4.69, 9.17) is 0 Å². The van der Waals surface area contributed by atoms with Gasteiger partial charge in [0.1, 0.15) is 5.01 Å². The van der Waals surface area contributed by atoms with Gasteiger partial charge in [-0.3, -0.25) is 9.59 Å². The van der Waals surface area contributed by atoms with Crippen LogP contribution in [-0.2, 0) is 16.1 Å². The molecule has 0 aliphatic carbocycles. The van der Waals surface area contributed by atoms with Crippen molar-refractivity contribution in [3.05, 3.63) is 16.6 Å². The highest BCUT2D eigenvalue weighted by atomic mass is 32.1. The van der Waals surface area contributed by atoms with Crippen LogP contribution in [0.15, 0.2) is 11.6 Å². The predicted molar refractivity (Wildman–Crippen MR) is 55.2 cm³/mol. The van der Waals surface area contributed by atoms with Gasteiger partial charge in [-0.2, -0.15) is 0 Å². The highest BCUT2D eigenvalue weighted by Crippen LogP contribution is 2.09. The van der Waals surface area contributed by atoms with E-state index in [1.807, 2.05) is 5.38 Å². The second kappa shape index (κ2) is 4.39. The van der Waals surface area contributed by atoms with Crippen LogP contribution in [0.5, 0.6) is 0 Å². The third-order valence-electron chi connectivity index (χ3n) is 2.21. The van der Waals surface area contributed by atoms with Crippen molar-refractivity contribution < 1.29 is 9.59 Å². The quantitative estimate of drug-likeness (QED) is 0.770. The number of aromatic nitrogens is 1. The summed E-state index contributed by atoms with van der Waals surface area (Å²) in [6.45, 7) is 1.08. The lowest BCUT2D eigenvalue weighted by atomic mass is 10.4. The number of rotatable bonds is 2. The topological polar surface area (TPSA) is 62.3 Å². The zero-order valence-electron chi connectivity index (χ0n) is 8.10. The maximum absolute atomic E-state index is 11.6. The van der Waals surface area contributed by atoms with Crippen LogP contribution < -0.4 is 5.32 Å². The Balaban J connectivity index is 2.01. The number of amides is 2. The van der Waals surface area contributed by atoms with E-state index in [0.717, 1.165) is 5.01 Å². The summed E-state index contributed by atoms with van der Waals surface area (Å²) >= 11 is 1.52. The maximum Gasteiger partial charge on any atom is 0.242 e. The van der Waals surface area contributed by atoms with Crippen LogP contribution in [-0.4, -0.2) is 34.8 Å². The fourth-order valence-corrected chi connectivity index (χ4v) is 2.03. The molecule has 1 saturated heterocycles. The van der Waals surface area contributed by atoms with Crippen LogP contribution in [0.25, 0.3) is 0 Å². The van der Waals surface area contributed by atoms with Crippen molar-refractivity contribution in [2.75, 3.05) is 13.1 Å². The third-order valence-corrected chi connectivity index (χ3v) is 2.97. The molecule has 0 radical (unpaired) electrons. The molecule has 1 aliphatic heterocycles. The van der Waals surface area contributed by atoms with Gasteiger partial charge < -0.3 is 10.2 Å². The minimum atomic E-state index is -0.0648. The molecule has 2 amide bonds. The normalized spacial score (nSPS) is 17.5. The van der Waals surface area contributed by atoms with Gasteiger partial charge in [0, 0.05) is 24.5 Å². The molecule has 5 nitrogen and oxygen atoms in total. The van der Waals surface area contributed by atoms with Gasteiger partial charge >= 0.3 is 0 Å². The maximum atomic E-state index is 11.6. The van der Waals surface area contributed by atoms with E-state index in [2.05, 4.69) is 10.3 Å². The Morgan fingerprint density at radius 1 is 1.53 bits per heavy atom. The average Bonchev–Trinajstić information content (AvgIpc) is 2.67. The second-order valence-electron chi connectivity index (χ2n) is 3.27. The van der Waals surface area contributed by atoms with E-state index in [1.165, 1.54) is 11.3 Å². The summed E-state index contributed by atoms with van der Waals surface area (Å²) in [5.41, 5.74) is 0. The highest BCUT2D eigenvalue weighted by molar-refractivity contribution is 7.09. The monoisotopic (exact) mass is 225 g/mol. The molecule has 1 aromatic heterocycles. The minimum Gasteiger partial charge on any atom is -0.347 e. The molecule has 1 fully saturated rings. The summed E-state index contributed by atoms with van der Waals surface area (Å²) < 4.78 is 0. The third kappa shape index (κ3) is 2.53. The summed E-state index contributed by atoms with van der Waals surface area (Å²) in [5.74, 6) is -0.110. The van der Waals surface area contributed by atoms with Crippen molar-refractivity contribution in [1.82, 2.24) is 15.2 Å². The molecule has 1 aromatic rings.